The first-order valence-electron chi connectivity index (χ1n) is 5.85. The summed E-state index contributed by atoms with van der Waals surface area (Å²) in [4.78, 5) is 10.8. The van der Waals surface area contributed by atoms with Crippen molar-refractivity contribution in [1.82, 2.24) is 0 Å². The number of para-hydroxylation sites is 1. The maximum atomic E-state index is 10.8. The number of carbonyl (C=O) groups excluding carboxylic acids is 1. The third-order valence-electron chi connectivity index (χ3n) is 2.46. The second-order valence-electron chi connectivity index (χ2n) is 3.81. The van der Waals surface area contributed by atoms with Gasteiger partial charge in [0, 0.05) is 10.0 Å². The summed E-state index contributed by atoms with van der Waals surface area (Å²) in [6.07, 6.45) is 0.789. The predicted molar refractivity (Wildman–Crippen MR) is 77.0 cm³/mol. The third-order valence-corrected chi connectivity index (χ3v) is 3.18. The monoisotopic (exact) mass is 320 g/mol. The van der Waals surface area contributed by atoms with Crippen LogP contribution < -0.4 is 9.47 Å². The van der Waals surface area contributed by atoms with Gasteiger partial charge in [0.25, 0.3) is 0 Å². The molecule has 0 fully saturated rings. The lowest BCUT2D eigenvalue weighted by Gasteiger charge is -2.09. The molecule has 3 nitrogen and oxygen atoms in total. The van der Waals surface area contributed by atoms with Crippen LogP contribution in [0.2, 0.25) is 0 Å². The summed E-state index contributed by atoms with van der Waals surface area (Å²) in [6, 6.07) is 14.8. The highest BCUT2D eigenvalue weighted by molar-refractivity contribution is 9.10. The predicted octanol–water partition coefficient (Wildman–Crippen LogP) is 3.72. The van der Waals surface area contributed by atoms with Crippen molar-refractivity contribution in [2.75, 3.05) is 13.2 Å². The molecule has 0 saturated carbocycles. The molecule has 0 amide bonds. The minimum Gasteiger partial charge on any atom is -0.490 e. The van der Waals surface area contributed by atoms with E-state index in [1.54, 1.807) is 18.2 Å². The number of carbonyl (C=O) groups is 1. The highest BCUT2D eigenvalue weighted by Crippen LogP contribution is 2.21. The SMILES string of the molecule is O=Cc1cc(OCCOc2ccccc2)ccc1Br. The van der Waals surface area contributed by atoms with Crippen LogP contribution in [0.25, 0.3) is 0 Å². The number of benzene rings is 2. The van der Waals surface area contributed by atoms with Gasteiger partial charge >= 0.3 is 0 Å². The Bertz CT molecular complexity index is 540. The molecule has 2 rings (SSSR count). The fourth-order valence-corrected chi connectivity index (χ4v) is 1.88. The molecule has 0 bridgehead atoms. The molecule has 0 unspecified atom stereocenters. The number of aldehydes is 1. The number of halogens is 1. The standard InChI is InChI=1S/C15H13BrO3/c16-15-7-6-14(10-12(15)11-17)19-9-8-18-13-4-2-1-3-5-13/h1-7,10-11H,8-9H2. The molecule has 0 atom stereocenters. The fraction of sp³-hybridized carbons (Fsp3) is 0.133. The van der Waals surface area contributed by atoms with Crippen LogP contribution in [-0.2, 0) is 0 Å². The largest absolute Gasteiger partial charge is 0.490 e. The summed E-state index contributed by atoms with van der Waals surface area (Å²) in [5.41, 5.74) is 0.571. The Morgan fingerprint density at radius 1 is 0.947 bits per heavy atom. The van der Waals surface area contributed by atoms with Gasteiger partial charge in [-0.1, -0.05) is 34.1 Å². The normalized spacial score (nSPS) is 9.95. The van der Waals surface area contributed by atoms with Gasteiger partial charge in [-0.2, -0.15) is 0 Å². The van der Waals surface area contributed by atoms with E-state index in [1.165, 1.54) is 0 Å². The van der Waals surface area contributed by atoms with E-state index >= 15 is 0 Å². The Balaban J connectivity index is 1.81. The summed E-state index contributed by atoms with van der Waals surface area (Å²) in [5.74, 6) is 1.47. The molecule has 0 aliphatic carbocycles. The Morgan fingerprint density at radius 2 is 1.63 bits per heavy atom. The summed E-state index contributed by atoms with van der Waals surface area (Å²) in [6.45, 7) is 0.880. The minimum atomic E-state index is 0.425. The van der Waals surface area contributed by atoms with Gasteiger partial charge in [0.2, 0.25) is 0 Å². The first kappa shape index (κ1) is 13.6. The van der Waals surface area contributed by atoms with Crippen LogP contribution in [0.1, 0.15) is 10.4 Å². The molecule has 0 saturated heterocycles. The molecule has 0 aliphatic rings. The lowest BCUT2D eigenvalue weighted by atomic mass is 10.2. The number of ether oxygens (including phenoxy) is 2. The first-order chi connectivity index (χ1) is 9.29. The van der Waals surface area contributed by atoms with Gasteiger partial charge in [-0.15, -0.1) is 0 Å². The van der Waals surface area contributed by atoms with Crippen molar-refractivity contribution in [3.8, 4) is 11.5 Å². The van der Waals surface area contributed by atoms with E-state index in [0.717, 1.165) is 16.5 Å². The van der Waals surface area contributed by atoms with E-state index in [2.05, 4.69) is 15.9 Å². The van der Waals surface area contributed by atoms with Gasteiger partial charge in [0.15, 0.2) is 6.29 Å². The Morgan fingerprint density at radius 3 is 2.32 bits per heavy atom. The number of hydrogen-bond acceptors (Lipinski definition) is 3. The smallest absolute Gasteiger partial charge is 0.151 e. The molecule has 2 aromatic rings. The molecule has 0 heterocycles. The molecule has 2 aromatic carbocycles. The zero-order valence-electron chi connectivity index (χ0n) is 10.2. The van der Waals surface area contributed by atoms with Gasteiger partial charge in [-0.25, -0.2) is 0 Å². The van der Waals surface area contributed by atoms with E-state index in [-0.39, 0.29) is 0 Å². The van der Waals surface area contributed by atoms with Crippen LogP contribution in [0.4, 0.5) is 0 Å². The molecule has 4 heteroatoms. The Kier molecular flexibility index (Phi) is 4.98. The second-order valence-corrected chi connectivity index (χ2v) is 4.67. The van der Waals surface area contributed by atoms with Crippen molar-refractivity contribution in [1.29, 1.82) is 0 Å². The maximum absolute atomic E-state index is 10.8. The molecule has 98 valence electrons. The summed E-state index contributed by atoms with van der Waals surface area (Å²) >= 11 is 3.29. The van der Waals surface area contributed by atoms with Crippen molar-refractivity contribution in [3.63, 3.8) is 0 Å². The summed E-state index contributed by atoms with van der Waals surface area (Å²) in [7, 11) is 0. The van der Waals surface area contributed by atoms with Crippen molar-refractivity contribution < 1.29 is 14.3 Å². The molecule has 0 aliphatic heterocycles. The molecule has 0 radical (unpaired) electrons. The van der Waals surface area contributed by atoms with Crippen LogP contribution >= 0.6 is 15.9 Å². The lowest BCUT2D eigenvalue weighted by Crippen LogP contribution is -2.09. The zero-order valence-corrected chi connectivity index (χ0v) is 11.8. The van der Waals surface area contributed by atoms with Crippen molar-refractivity contribution >= 4 is 22.2 Å². The number of rotatable bonds is 6. The molecule has 0 N–H and O–H groups in total. The zero-order chi connectivity index (χ0) is 13.5. The van der Waals surface area contributed by atoms with Gasteiger partial charge < -0.3 is 9.47 Å². The average molecular weight is 321 g/mol. The van der Waals surface area contributed by atoms with Crippen LogP contribution in [0, 0.1) is 0 Å². The van der Waals surface area contributed by atoms with Gasteiger partial charge in [0.1, 0.15) is 24.7 Å². The van der Waals surface area contributed by atoms with E-state index in [9.17, 15) is 4.79 Å². The van der Waals surface area contributed by atoms with E-state index in [1.807, 2.05) is 30.3 Å². The maximum Gasteiger partial charge on any atom is 0.151 e. The molecular formula is C15H13BrO3. The highest BCUT2D eigenvalue weighted by atomic mass is 79.9. The Hall–Kier alpha value is -1.81. The summed E-state index contributed by atoms with van der Waals surface area (Å²) in [5, 5.41) is 0. The van der Waals surface area contributed by atoms with E-state index < -0.39 is 0 Å². The minimum absolute atomic E-state index is 0.425. The summed E-state index contributed by atoms with van der Waals surface area (Å²) < 4.78 is 11.8. The number of hydrogen-bond donors (Lipinski definition) is 0. The van der Waals surface area contributed by atoms with Gasteiger partial charge in [-0.05, 0) is 30.3 Å². The van der Waals surface area contributed by atoms with Crippen molar-refractivity contribution in [2.24, 2.45) is 0 Å². The van der Waals surface area contributed by atoms with Gasteiger partial charge in [0.05, 0.1) is 0 Å². The van der Waals surface area contributed by atoms with Crippen LogP contribution in [0.15, 0.2) is 53.0 Å². The van der Waals surface area contributed by atoms with Crippen LogP contribution in [0.5, 0.6) is 11.5 Å². The Labute approximate surface area is 120 Å². The van der Waals surface area contributed by atoms with E-state index in [4.69, 9.17) is 9.47 Å². The first-order valence-corrected chi connectivity index (χ1v) is 6.64. The van der Waals surface area contributed by atoms with Crippen LogP contribution in [-0.4, -0.2) is 19.5 Å². The average Bonchev–Trinajstić information content (AvgIpc) is 2.46. The fourth-order valence-electron chi connectivity index (χ4n) is 1.54. The lowest BCUT2D eigenvalue weighted by molar-refractivity contribution is 0.112. The quantitative estimate of drug-likeness (QED) is 0.601. The second kappa shape index (κ2) is 6.95. The topological polar surface area (TPSA) is 35.5 Å². The highest BCUT2D eigenvalue weighted by Gasteiger charge is 2.01. The molecular weight excluding hydrogens is 308 g/mol. The molecule has 19 heavy (non-hydrogen) atoms. The van der Waals surface area contributed by atoms with E-state index in [0.29, 0.717) is 24.5 Å². The van der Waals surface area contributed by atoms with Gasteiger partial charge in [-0.3, -0.25) is 4.79 Å². The van der Waals surface area contributed by atoms with Crippen molar-refractivity contribution in [3.05, 3.63) is 58.6 Å². The van der Waals surface area contributed by atoms with Crippen molar-refractivity contribution in [2.45, 2.75) is 0 Å². The molecule has 0 aromatic heterocycles. The third kappa shape index (κ3) is 4.10. The molecule has 0 spiro atoms. The van der Waals surface area contributed by atoms with Crippen LogP contribution in [0.3, 0.4) is 0 Å².